The van der Waals surface area contributed by atoms with E-state index in [1.165, 1.54) is 0 Å². The van der Waals surface area contributed by atoms with E-state index in [4.69, 9.17) is 23.2 Å². The molecule has 0 radical (unpaired) electrons. The second kappa shape index (κ2) is 6.11. The number of benzene rings is 2. The minimum Gasteiger partial charge on any atom is -0.311 e. The average molecular weight is 334 g/mol. The summed E-state index contributed by atoms with van der Waals surface area (Å²) in [5, 5.41) is 1.14. The molecule has 1 heterocycles. The summed E-state index contributed by atoms with van der Waals surface area (Å²) < 4.78 is 0. The molecule has 0 aliphatic carbocycles. The van der Waals surface area contributed by atoms with E-state index >= 15 is 0 Å². The largest absolute Gasteiger partial charge is 0.311 e. The van der Waals surface area contributed by atoms with E-state index in [2.05, 4.69) is 0 Å². The molecule has 2 aromatic rings. The van der Waals surface area contributed by atoms with Gasteiger partial charge in [-0.25, -0.2) is 0 Å². The quantitative estimate of drug-likeness (QED) is 0.827. The molecule has 2 aromatic carbocycles. The minimum absolute atomic E-state index is 0.0213. The minimum atomic E-state index is -0.0432. The van der Waals surface area contributed by atoms with Crippen LogP contribution in [0.4, 0.5) is 5.69 Å². The van der Waals surface area contributed by atoms with E-state index in [-0.39, 0.29) is 18.1 Å². The molecule has 0 N–H and O–H groups in total. The summed E-state index contributed by atoms with van der Waals surface area (Å²) >= 11 is 11.8. The molecule has 0 bridgehead atoms. The third-order valence-electron chi connectivity index (χ3n) is 3.68. The fourth-order valence-corrected chi connectivity index (χ4v) is 2.86. The third kappa shape index (κ3) is 3.01. The Balaban J connectivity index is 1.86. The van der Waals surface area contributed by atoms with Gasteiger partial charge in [-0.15, -0.1) is 0 Å². The van der Waals surface area contributed by atoms with Gasteiger partial charge in [0, 0.05) is 28.6 Å². The van der Waals surface area contributed by atoms with Crippen molar-refractivity contribution in [3.63, 3.8) is 0 Å². The molecule has 0 aromatic heterocycles. The average Bonchev–Trinajstić information content (AvgIpc) is 2.50. The zero-order valence-electron chi connectivity index (χ0n) is 11.7. The van der Waals surface area contributed by atoms with Crippen LogP contribution in [0.3, 0.4) is 0 Å². The van der Waals surface area contributed by atoms with Crippen molar-refractivity contribution in [3.8, 4) is 0 Å². The van der Waals surface area contributed by atoms with Crippen LogP contribution in [0, 0.1) is 0 Å². The number of Topliss-reactive ketones (excluding diaryl/α,β-unsaturated/α-hetero) is 1. The summed E-state index contributed by atoms with van der Waals surface area (Å²) in [6.45, 7) is 0.403. The van der Waals surface area contributed by atoms with Crippen LogP contribution in [0.15, 0.2) is 42.5 Å². The number of amides is 1. The number of nitrogens with zero attached hydrogens (tertiary/aromatic N) is 1. The zero-order valence-corrected chi connectivity index (χ0v) is 13.2. The number of ketones is 1. The van der Waals surface area contributed by atoms with Crippen molar-refractivity contribution in [3.05, 3.63) is 63.6 Å². The summed E-state index contributed by atoms with van der Waals surface area (Å²) in [6, 6.07) is 12.2. The van der Waals surface area contributed by atoms with Crippen LogP contribution in [0.25, 0.3) is 0 Å². The first-order chi connectivity index (χ1) is 10.5. The number of carbonyl (C=O) groups is 2. The number of rotatable bonds is 2. The van der Waals surface area contributed by atoms with Gasteiger partial charge in [-0.3, -0.25) is 9.59 Å². The highest BCUT2D eigenvalue weighted by atomic mass is 35.5. The first-order valence-corrected chi connectivity index (χ1v) is 7.68. The molecule has 0 unspecified atom stereocenters. The van der Waals surface area contributed by atoms with E-state index in [0.717, 1.165) is 5.56 Å². The van der Waals surface area contributed by atoms with Gasteiger partial charge in [-0.2, -0.15) is 0 Å². The molecule has 5 heteroatoms. The van der Waals surface area contributed by atoms with E-state index in [1.807, 2.05) is 12.1 Å². The highest BCUT2D eigenvalue weighted by Gasteiger charge is 2.27. The van der Waals surface area contributed by atoms with Gasteiger partial charge in [-0.05, 0) is 35.9 Å². The predicted molar refractivity (Wildman–Crippen MR) is 87.9 cm³/mol. The number of hydrogen-bond donors (Lipinski definition) is 0. The van der Waals surface area contributed by atoms with E-state index in [0.29, 0.717) is 34.3 Å². The van der Waals surface area contributed by atoms with E-state index in [1.54, 1.807) is 35.2 Å². The van der Waals surface area contributed by atoms with Gasteiger partial charge in [-0.1, -0.05) is 35.3 Å². The van der Waals surface area contributed by atoms with Crippen LogP contribution >= 0.6 is 23.2 Å². The zero-order chi connectivity index (χ0) is 15.7. The van der Waals surface area contributed by atoms with Crippen LogP contribution < -0.4 is 4.90 Å². The Hall–Kier alpha value is -1.84. The second-order valence-electron chi connectivity index (χ2n) is 5.18. The van der Waals surface area contributed by atoms with Crippen LogP contribution in [0.5, 0.6) is 0 Å². The monoisotopic (exact) mass is 333 g/mol. The van der Waals surface area contributed by atoms with Crippen molar-refractivity contribution in [1.82, 2.24) is 0 Å². The van der Waals surface area contributed by atoms with Crippen molar-refractivity contribution >= 4 is 40.6 Å². The van der Waals surface area contributed by atoms with Crippen LogP contribution in [0.2, 0.25) is 10.0 Å². The first-order valence-electron chi connectivity index (χ1n) is 6.92. The molecule has 112 valence electrons. The Bertz CT molecular complexity index is 741. The number of fused-ring (bicyclic) bond motifs is 1. The van der Waals surface area contributed by atoms with Gasteiger partial charge in [0.15, 0.2) is 5.78 Å². The number of carbonyl (C=O) groups excluding carboxylic acids is 2. The Morgan fingerprint density at radius 1 is 1.05 bits per heavy atom. The van der Waals surface area contributed by atoms with Crippen LogP contribution in [-0.2, 0) is 11.2 Å². The van der Waals surface area contributed by atoms with Crippen molar-refractivity contribution in [1.29, 1.82) is 0 Å². The Kier molecular flexibility index (Phi) is 4.19. The SMILES string of the molecule is O=C1CCN(C(=O)Cc2ccc(Cl)cc2)c2ccc(Cl)cc21. The van der Waals surface area contributed by atoms with Crippen LogP contribution in [0.1, 0.15) is 22.3 Å². The summed E-state index contributed by atoms with van der Waals surface area (Å²) in [5.41, 5.74) is 2.05. The molecule has 0 spiro atoms. The van der Waals surface area contributed by atoms with E-state index < -0.39 is 0 Å². The molecule has 0 atom stereocenters. The normalized spacial score (nSPS) is 13.9. The standard InChI is InChI=1S/C17H13Cl2NO2/c18-12-3-1-11(2-4-12)9-17(22)20-8-7-16(21)14-10-13(19)5-6-15(14)20/h1-6,10H,7-9H2. The molecule has 3 nitrogen and oxygen atoms in total. The molecule has 0 saturated heterocycles. The third-order valence-corrected chi connectivity index (χ3v) is 4.17. The number of hydrogen-bond acceptors (Lipinski definition) is 2. The smallest absolute Gasteiger partial charge is 0.231 e. The molecule has 3 rings (SSSR count). The summed E-state index contributed by atoms with van der Waals surface area (Å²) in [4.78, 5) is 26.2. The highest BCUT2D eigenvalue weighted by Crippen LogP contribution is 2.30. The molecule has 1 aliphatic heterocycles. The Morgan fingerprint density at radius 3 is 2.45 bits per heavy atom. The number of halogens is 2. The molecule has 1 amide bonds. The Labute approximate surface area is 138 Å². The lowest BCUT2D eigenvalue weighted by atomic mass is 9.99. The fourth-order valence-electron chi connectivity index (χ4n) is 2.57. The summed E-state index contributed by atoms with van der Waals surface area (Å²) in [7, 11) is 0. The predicted octanol–water partition coefficient (Wildman–Crippen LogP) is 4.16. The van der Waals surface area contributed by atoms with Gasteiger partial charge >= 0.3 is 0 Å². The lowest BCUT2D eigenvalue weighted by molar-refractivity contribution is -0.118. The van der Waals surface area contributed by atoms with Crippen molar-refractivity contribution in [2.45, 2.75) is 12.8 Å². The van der Waals surface area contributed by atoms with Crippen molar-refractivity contribution in [2.75, 3.05) is 11.4 Å². The molecule has 0 saturated carbocycles. The molecule has 0 fully saturated rings. The fraction of sp³-hybridized carbons (Fsp3) is 0.176. The van der Waals surface area contributed by atoms with Crippen molar-refractivity contribution in [2.24, 2.45) is 0 Å². The maximum absolute atomic E-state index is 12.6. The van der Waals surface area contributed by atoms with Crippen molar-refractivity contribution < 1.29 is 9.59 Å². The molecular weight excluding hydrogens is 321 g/mol. The first kappa shape index (κ1) is 15.1. The molecule has 1 aliphatic rings. The molecule has 22 heavy (non-hydrogen) atoms. The highest BCUT2D eigenvalue weighted by molar-refractivity contribution is 6.31. The summed E-state index contributed by atoms with van der Waals surface area (Å²) in [5.74, 6) is -0.0218. The molecular formula is C17H13Cl2NO2. The lowest BCUT2D eigenvalue weighted by Crippen LogP contribution is -2.38. The maximum Gasteiger partial charge on any atom is 0.231 e. The topological polar surface area (TPSA) is 37.4 Å². The van der Waals surface area contributed by atoms with Gasteiger partial charge in [0.25, 0.3) is 0 Å². The lowest BCUT2D eigenvalue weighted by Gasteiger charge is -2.29. The van der Waals surface area contributed by atoms with Gasteiger partial charge in [0.2, 0.25) is 5.91 Å². The maximum atomic E-state index is 12.6. The van der Waals surface area contributed by atoms with E-state index in [9.17, 15) is 9.59 Å². The summed E-state index contributed by atoms with van der Waals surface area (Å²) in [6.07, 6.45) is 0.590. The Morgan fingerprint density at radius 2 is 1.73 bits per heavy atom. The van der Waals surface area contributed by atoms with Crippen LogP contribution in [-0.4, -0.2) is 18.2 Å². The van der Waals surface area contributed by atoms with Gasteiger partial charge < -0.3 is 4.90 Å². The second-order valence-corrected chi connectivity index (χ2v) is 6.06. The van der Waals surface area contributed by atoms with Gasteiger partial charge in [0.1, 0.15) is 0 Å². The van der Waals surface area contributed by atoms with Gasteiger partial charge in [0.05, 0.1) is 12.1 Å². The number of anilines is 1.